The van der Waals surface area contributed by atoms with Gasteiger partial charge in [-0.2, -0.15) is 5.26 Å². The molecule has 0 radical (unpaired) electrons. The first-order chi connectivity index (χ1) is 13.6. The number of imidazole rings is 1. The average Bonchev–Trinajstić information content (AvgIpc) is 3.30. The molecule has 0 aliphatic rings. The first-order valence-corrected chi connectivity index (χ1v) is 9.07. The van der Waals surface area contributed by atoms with E-state index in [2.05, 4.69) is 44.9 Å². The van der Waals surface area contributed by atoms with E-state index in [9.17, 15) is 5.26 Å². The third-order valence-electron chi connectivity index (χ3n) is 4.43. The van der Waals surface area contributed by atoms with Crippen molar-refractivity contribution in [3.05, 3.63) is 59.4 Å². The van der Waals surface area contributed by atoms with Crippen LogP contribution < -0.4 is 0 Å². The molecule has 3 aromatic heterocycles. The number of fused-ring (bicyclic) bond motifs is 1. The van der Waals surface area contributed by atoms with Crippen LogP contribution in [0.5, 0.6) is 0 Å². The van der Waals surface area contributed by atoms with Crippen molar-refractivity contribution in [1.29, 1.82) is 5.26 Å². The van der Waals surface area contributed by atoms with E-state index >= 15 is 0 Å². The summed E-state index contributed by atoms with van der Waals surface area (Å²) in [7, 11) is 0. The Bertz CT molecular complexity index is 1110. The zero-order chi connectivity index (χ0) is 20.1. The van der Waals surface area contributed by atoms with Gasteiger partial charge in [0.15, 0.2) is 11.5 Å². The lowest BCUT2D eigenvalue weighted by Crippen LogP contribution is -2.10. The molecule has 0 saturated carbocycles. The van der Waals surface area contributed by atoms with E-state index in [0.29, 0.717) is 23.6 Å². The van der Waals surface area contributed by atoms with E-state index in [1.54, 1.807) is 24.7 Å². The standard InChI is InChI=1S/C20H22N8/c1-5-7-15(11-21)18(22-4)20-23-9-10-27(20)12-17-16(8-6-2)19-26-25-14(3)28(19)13-24-17/h5,7,9-10,13H,4,6,8,12H2,1-3H3/b7-5+,18-15-. The third-order valence-corrected chi connectivity index (χ3v) is 4.43. The molecule has 0 aliphatic heterocycles. The van der Waals surface area contributed by atoms with E-state index in [4.69, 9.17) is 0 Å². The predicted molar refractivity (Wildman–Crippen MR) is 108 cm³/mol. The van der Waals surface area contributed by atoms with E-state index in [0.717, 1.165) is 35.6 Å². The molecule has 8 nitrogen and oxygen atoms in total. The van der Waals surface area contributed by atoms with Gasteiger partial charge < -0.3 is 4.57 Å². The van der Waals surface area contributed by atoms with Gasteiger partial charge in [-0.1, -0.05) is 19.4 Å². The molecule has 0 fully saturated rings. The topological polar surface area (TPSA) is 97.0 Å². The van der Waals surface area contributed by atoms with Crippen LogP contribution in [0.4, 0.5) is 0 Å². The summed E-state index contributed by atoms with van der Waals surface area (Å²) in [6, 6.07) is 2.16. The molecule has 142 valence electrons. The number of allylic oxidation sites excluding steroid dienone is 3. The first-order valence-electron chi connectivity index (χ1n) is 9.07. The number of aliphatic imine (C=N–C) groups is 1. The maximum Gasteiger partial charge on any atom is 0.167 e. The van der Waals surface area contributed by atoms with Crippen molar-refractivity contribution in [1.82, 2.24) is 29.1 Å². The zero-order valence-electron chi connectivity index (χ0n) is 16.3. The van der Waals surface area contributed by atoms with Gasteiger partial charge in [0.05, 0.1) is 17.8 Å². The number of rotatable bonds is 7. The van der Waals surface area contributed by atoms with Gasteiger partial charge in [0.25, 0.3) is 0 Å². The molecule has 0 amide bonds. The summed E-state index contributed by atoms with van der Waals surface area (Å²) >= 11 is 0. The Kier molecular flexibility index (Phi) is 5.75. The summed E-state index contributed by atoms with van der Waals surface area (Å²) in [6.07, 6.45) is 10.6. The quantitative estimate of drug-likeness (QED) is 0.359. The SMILES string of the molecule is C=N/C(=C(C#N)/C=C/C)c1nccn1Cc1ncn2c(C)nnc2c1CCC. The smallest absolute Gasteiger partial charge is 0.167 e. The van der Waals surface area contributed by atoms with Crippen molar-refractivity contribution in [3.63, 3.8) is 0 Å². The van der Waals surface area contributed by atoms with E-state index < -0.39 is 0 Å². The van der Waals surface area contributed by atoms with Gasteiger partial charge >= 0.3 is 0 Å². The van der Waals surface area contributed by atoms with Crippen LogP contribution in [0.15, 0.2) is 41.4 Å². The van der Waals surface area contributed by atoms with Crippen molar-refractivity contribution < 1.29 is 0 Å². The van der Waals surface area contributed by atoms with Crippen LogP contribution in [0.1, 0.15) is 43.2 Å². The Hall–Kier alpha value is -3.60. The highest BCUT2D eigenvalue weighted by Gasteiger charge is 2.17. The van der Waals surface area contributed by atoms with E-state index in [1.807, 2.05) is 29.0 Å². The van der Waals surface area contributed by atoms with Crippen LogP contribution in [0, 0.1) is 18.3 Å². The van der Waals surface area contributed by atoms with Gasteiger partial charge in [0.2, 0.25) is 0 Å². The molecule has 3 heterocycles. The van der Waals surface area contributed by atoms with Gasteiger partial charge in [-0.05, 0) is 33.1 Å². The van der Waals surface area contributed by atoms with Crippen molar-refractivity contribution in [2.75, 3.05) is 0 Å². The molecule has 8 heteroatoms. The number of hydrogen-bond donors (Lipinski definition) is 0. The van der Waals surface area contributed by atoms with E-state index in [-0.39, 0.29) is 0 Å². The molecule has 0 N–H and O–H groups in total. The van der Waals surface area contributed by atoms with Crippen molar-refractivity contribution in [2.24, 2.45) is 4.99 Å². The van der Waals surface area contributed by atoms with Crippen LogP contribution in [-0.4, -0.2) is 35.9 Å². The largest absolute Gasteiger partial charge is 0.324 e. The second-order valence-electron chi connectivity index (χ2n) is 6.27. The molecule has 0 aromatic carbocycles. The Morgan fingerprint density at radius 3 is 2.86 bits per heavy atom. The minimum Gasteiger partial charge on any atom is -0.324 e. The summed E-state index contributed by atoms with van der Waals surface area (Å²) in [5, 5.41) is 18.0. The van der Waals surface area contributed by atoms with Crippen molar-refractivity contribution in [3.8, 4) is 6.07 Å². The minimum atomic E-state index is 0.412. The lowest BCUT2D eigenvalue weighted by atomic mass is 10.1. The predicted octanol–water partition coefficient (Wildman–Crippen LogP) is 3.14. The fourth-order valence-corrected chi connectivity index (χ4v) is 3.12. The summed E-state index contributed by atoms with van der Waals surface area (Å²) in [5.41, 5.74) is 3.65. The molecule has 0 aliphatic carbocycles. The highest BCUT2D eigenvalue weighted by molar-refractivity contribution is 5.72. The maximum atomic E-state index is 9.46. The fraction of sp³-hybridized carbons (Fsp3) is 0.300. The first kappa shape index (κ1) is 19.2. The van der Waals surface area contributed by atoms with Crippen LogP contribution in [0.3, 0.4) is 0 Å². The Morgan fingerprint density at radius 1 is 1.36 bits per heavy atom. The van der Waals surface area contributed by atoms with Gasteiger partial charge in [-0.3, -0.25) is 9.39 Å². The molecule has 28 heavy (non-hydrogen) atoms. The molecule has 0 saturated heterocycles. The van der Waals surface area contributed by atoms with Crippen LogP contribution >= 0.6 is 0 Å². The van der Waals surface area contributed by atoms with Gasteiger partial charge in [-0.25, -0.2) is 9.97 Å². The molecule has 3 rings (SSSR count). The van der Waals surface area contributed by atoms with Crippen LogP contribution in [-0.2, 0) is 13.0 Å². The Labute approximate surface area is 163 Å². The maximum absolute atomic E-state index is 9.46. The highest BCUT2D eigenvalue weighted by Crippen LogP contribution is 2.22. The minimum absolute atomic E-state index is 0.412. The molecular formula is C20H22N8. The van der Waals surface area contributed by atoms with Crippen molar-refractivity contribution >= 4 is 18.1 Å². The lowest BCUT2D eigenvalue weighted by Gasteiger charge is -2.12. The fourth-order valence-electron chi connectivity index (χ4n) is 3.12. The second-order valence-corrected chi connectivity index (χ2v) is 6.27. The lowest BCUT2D eigenvalue weighted by molar-refractivity contribution is 0.733. The second kappa shape index (κ2) is 8.39. The number of hydrogen-bond acceptors (Lipinski definition) is 6. The highest BCUT2D eigenvalue weighted by atomic mass is 15.3. The number of aromatic nitrogens is 6. The Balaban J connectivity index is 2.10. The number of aryl methyl sites for hydroxylation is 2. The summed E-state index contributed by atoms with van der Waals surface area (Å²) in [5.74, 6) is 1.38. The summed E-state index contributed by atoms with van der Waals surface area (Å²) < 4.78 is 3.83. The average molecular weight is 374 g/mol. The molecule has 0 bridgehead atoms. The van der Waals surface area contributed by atoms with Gasteiger partial charge in [0, 0.05) is 18.0 Å². The monoisotopic (exact) mass is 374 g/mol. The molecule has 3 aromatic rings. The van der Waals surface area contributed by atoms with Crippen LogP contribution in [0.2, 0.25) is 0 Å². The molecule has 0 atom stereocenters. The molecule has 0 unspecified atom stereocenters. The molecular weight excluding hydrogens is 352 g/mol. The molecule has 0 spiro atoms. The third kappa shape index (κ3) is 3.47. The number of nitriles is 1. The number of nitrogens with zero attached hydrogens (tertiary/aromatic N) is 8. The summed E-state index contributed by atoms with van der Waals surface area (Å²) in [4.78, 5) is 13.1. The van der Waals surface area contributed by atoms with E-state index in [1.165, 1.54) is 0 Å². The van der Waals surface area contributed by atoms with Crippen LogP contribution in [0.25, 0.3) is 11.3 Å². The van der Waals surface area contributed by atoms with Gasteiger partial charge in [-0.15, -0.1) is 10.2 Å². The zero-order valence-corrected chi connectivity index (χ0v) is 16.3. The normalized spacial score (nSPS) is 12.4. The van der Waals surface area contributed by atoms with Gasteiger partial charge in [0.1, 0.15) is 23.9 Å². The van der Waals surface area contributed by atoms with Crippen molar-refractivity contribution in [2.45, 2.75) is 40.2 Å². The Morgan fingerprint density at radius 2 is 2.18 bits per heavy atom. The summed E-state index contributed by atoms with van der Waals surface area (Å²) in [6.45, 7) is 9.99.